The van der Waals surface area contributed by atoms with Crippen LogP contribution >= 0.6 is 22.6 Å². The molecule has 0 spiro atoms. The van der Waals surface area contributed by atoms with E-state index in [1.807, 2.05) is 0 Å². The summed E-state index contributed by atoms with van der Waals surface area (Å²) in [5, 5.41) is 4.64. The van der Waals surface area contributed by atoms with Gasteiger partial charge in [0.2, 0.25) is 0 Å². The third kappa shape index (κ3) is 2.32. The van der Waals surface area contributed by atoms with Gasteiger partial charge in [0.25, 0.3) is 0 Å². The molecule has 0 unspecified atom stereocenters. The summed E-state index contributed by atoms with van der Waals surface area (Å²) in [4.78, 5) is 0. The first kappa shape index (κ1) is 16.2. The van der Waals surface area contributed by atoms with Crippen LogP contribution in [-0.4, -0.2) is 0 Å². The molecule has 0 fully saturated rings. The monoisotopic (exact) mass is 474 g/mol. The van der Waals surface area contributed by atoms with Crippen LogP contribution in [0.5, 0.6) is 0 Å². The predicted molar refractivity (Wildman–Crippen MR) is 124 cm³/mol. The molecule has 134 valence electrons. The quantitative estimate of drug-likeness (QED) is 0.225. The van der Waals surface area contributed by atoms with Gasteiger partial charge in [-0.3, -0.25) is 0 Å². The molecule has 0 saturated heterocycles. The third-order valence-electron chi connectivity index (χ3n) is 5.41. The van der Waals surface area contributed by atoms with Crippen molar-refractivity contribution in [3.8, 4) is 11.1 Å². The molecule has 6 aromatic rings. The molecule has 0 amide bonds. The fourth-order valence-electron chi connectivity index (χ4n) is 4.01. The number of rotatable bonds is 1. The molecule has 2 nitrogen and oxygen atoms in total. The lowest BCUT2D eigenvalue weighted by Gasteiger charge is -2.02. The minimum absolute atomic E-state index is 0.924. The first-order valence-electron chi connectivity index (χ1n) is 9.21. The van der Waals surface area contributed by atoms with Gasteiger partial charge >= 0.3 is 0 Å². The van der Waals surface area contributed by atoms with E-state index in [0.29, 0.717) is 0 Å². The van der Waals surface area contributed by atoms with Crippen molar-refractivity contribution in [3.63, 3.8) is 0 Å². The second-order valence-corrected chi connectivity index (χ2v) is 8.40. The summed E-state index contributed by atoms with van der Waals surface area (Å²) in [5.74, 6) is 0. The van der Waals surface area contributed by atoms with E-state index in [2.05, 4.69) is 102 Å². The second-order valence-electron chi connectivity index (χ2n) is 7.24. The molecule has 0 aliphatic heterocycles. The first-order valence-corrected chi connectivity index (χ1v) is 10.3. The Hall–Kier alpha value is -2.79. The highest BCUT2D eigenvalue weighted by Gasteiger charge is 2.12. The smallest absolute Gasteiger partial charge is 0.148 e. The number of aryl methyl sites for hydroxylation is 1. The van der Waals surface area contributed by atoms with Gasteiger partial charge in [-0.15, -0.1) is 0 Å². The molecule has 6 rings (SSSR count). The summed E-state index contributed by atoms with van der Waals surface area (Å²) in [6, 6.07) is 25.5. The molecule has 0 N–H and O–H groups in total. The molecule has 0 bridgehead atoms. The van der Waals surface area contributed by atoms with Gasteiger partial charge in [-0.05, 0) is 83.1 Å². The maximum atomic E-state index is 6.08. The zero-order valence-corrected chi connectivity index (χ0v) is 17.3. The molecule has 3 heteroatoms. The third-order valence-corrected chi connectivity index (χ3v) is 6.26. The molecule has 2 aromatic heterocycles. The van der Waals surface area contributed by atoms with E-state index in [9.17, 15) is 0 Å². The highest BCUT2D eigenvalue weighted by Crippen LogP contribution is 2.36. The van der Waals surface area contributed by atoms with Crippen molar-refractivity contribution in [1.29, 1.82) is 0 Å². The molecule has 28 heavy (non-hydrogen) atoms. The van der Waals surface area contributed by atoms with Gasteiger partial charge in [0.1, 0.15) is 22.3 Å². The van der Waals surface area contributed by atoms with E-state index in [1.54, 1.807) is 0 Å². The summed E-state index contributed by atoms with van der Waals surface area (Å²) in [5.41, 5.74) is 7.34. The second kappa shape index (κ2) is 5.85. The number of furan rings is 2. The van der Waals surface area contributed by atoms with Gasteiger partial charge in [0.05, 0.1) is 3.57 Å². The van der Waals surface area contributed by atoms with Crippen LogP contribution in [0.15, 0.2) is 81.6 Å². The van der Waals surface area contributed by atoms with E-state index in [4.69, 9.17) is 8.83 Å². The van der Waals surface area contributed by atoms with Crippen LogP contribution in [0.1, 0.15) is 5.56 Å². The Bertz CT molecular complexity index is 1520. The normalized spacial score (nSPS) is 11.9. The van der Waals surface area contributed by atoms with Crippen LogP contribution in [0, 0.1) is 10.5 Å². The molecular weight excluding hydrogens is 459 g/mol. The van der Waals surface area contributed by atoms with E-state index >= 15 is 0 Å². The Labute approximate surface area is 174 Å². The van der Waals surface area contributed by atoms with Crippen molar-refractivity contribution in [2.75, 3.05) is 0 Å². The molecule has 2 heterocycles. The lowest BCUT2D eigenvalue weighted by atomic mass is 10.0. The Balaban J connectivity index is 1.60. The van der Waals surface area contributed by atoms with Crippen molar-refractivity contribution >= 4 is 66.5 Å². The van der Waals surface area contributed by atoms with Crippen LogP contribution < -0.4 is 0 Å². The lowest BCUT2D eigenvalue weighted by Crippen LogP contribution is -1.78. The average Bonchev–Trinajstić information content (AvgIpc) is 3.26. The van der Waals surface area contributed by atoms with Crippen molar-refractivity contribution in [2.45, 2.75) is 6.92 Å². The summed E-state index contributed by atoms with van der Waals surface area (Å²) in [7, 11) is 0. The van der Waals surface area contributed by atoms with Crippen LogP contribution in [0.4, 0.5) is 0 Å². The zero-order valence-electron chi connectivity index (χ0n) is 15.1. The SMILES string of the molecule is Cc1ccc2oc3ccc(-c4ccc5oc6c(I)cccc6c5c4)cc3c2c1. The number of hydrogen-bond donors (Lipinski definition) is 0. The summed E-state index contributed by atoms with van der Waals surface area (Å²) >= 11 is 2.33. The summed E-state index contributed by atoms with van der Waals surface area (Å²) < 4.78 is 13.2. The minimum Gasteiger partial charge on any atom is -0.456 e. The van der Waals surface area contributed by atoms with Gasteiger partial charge in [-0.2, -0.15) is 0 Å². The fourth-order valence-corrected chi connectivity index (χ4v) is 4.62. The number of halogens is 1. The summed E-state index contributed by atoms with van der Waals surface area (Å²) in [6.07, 6.45) is 0. The molecule has 0 radical (unpaired) electrons. The standard InChI is InChI=1S/C25H15IO2/c1-14-5-8-22-18(11-14)20-13-16(6-9-23(20)27-22)15-7-10-24-19(12-15)17-3-2-4-21(26)25(17)28-24/h2-13H,1H3. The Morgan fingerprint density at radius 2 is 1.21 bits per heavy atom. The van der Waals surface area contributed by atoms with Crippen LogP contribution in [-0.2, 0) is 0 Å². The largest absolute Gasteiger partial charge is 0.456 e. The van der Waals surface area contributed by atoms with Crippen LogP contribution in [0.3, 0.4) is 0 Å². The molecule has 0 aliphatic carbocycles. The van der Waals surface area contributed by atoms with Crippen molar-refractivity contribution in [3.05, 3.63) is 81.9 Å². The Kier molecular flexibility index (Phi) is 3.38. The van der Waals surface area contributed by atoms with Gasteiger partial charge in [0.15, 0.2) is 0 Å². The zero-order chi connectivity index (χ0) is 18.8. The first-order chi connectivity index (χ1) is 13.7. The Morgan fingerprint density at radius 1 is 0.607 bits per heavy atom. The fraction of sp³-hybridized carbons (Fsp3) is 0.0400. The van der Waals surface area contributed by atoms with E-state index in [1.165, 1.54) is 22.1 Å². The predicted octanol–water partition coefficient (Wildman–Crippen LogP) is 8.07. The van der Waals surface area contributed by atoms with Crippen LogP contribution in [0.2, 0.25) is 0 Å². The highest BCUT2D eigenvalue weighted by atomic mass is 127. The maximum Gasteiger partial charge on any atom is 0.148 e. The highest BCUT2D eigenvalue weighted by molar-refractivity contribution is 14.1. The number of benzene rings is 4. The van der Waals surface area contributed by atoms with Gasteiger partial charge in [0, 0.05) is 21.5 Å². The Morgan fingerprint density at radius 3 is 1.96 bits per heavy atom. The van der Waals surface area contributed by atoms with E-state index in [0.717, 1.165) is 42.1 Å². The van der Waals surface area contributed by atoms with Crippen molar-refractivity contribution in [2.24, 2.45) is 0 Å². The van der Waals surface area contributed by atoms with Crippen molar-refractivity contribution in [1.82, 2.24) is 0 Å². The lowest BCUT2D eigenvalue weighted by molar-refractivity contribution is 0.666. The maximum absolute atomic E-state index is 6.08. The molecule has 4 aromatic carbocycles. The molecule has 0 aliphatic rings. The molecular formula is C25H15IO2. The van der Waals surface area contributed by atoms with Gasteiger partial charge in [-0.1, -0.05) is 35.9 Å². The van der Waals surface area contributed by atoms with Crippen LogP contribution in [0.25, 0.3) is 55.0 Å². The molecule has 0 atom stereocenters. The van der Waals surface area contributed by atoms with E-state index < -0.39 is 0 Å². The van der Waals surface area contributed by atoms with Crippen molar-refractivity contribution < 1.29 is 8.83 Å². The van der Waals surface area contributed by atoms with E-state index in [-0.39, 0.29) is 0 Å². The number of fused-ring (bicyclic) bond motifs is 6. The van der Waals surface area contributed by atoms with Gasteiger partial charge in [-0.25, -0.2) is 0 Å². The number of hydrogen-bond acceptors (Lipinski definition) is 2. The molecule has 0 saturated carbocycles. The summed E-state index contributed by atoms with van der Waals surface area (Å²) in [6.45, 7) is 2.11. The minimum atomic E-state index is 0.924. The van der Waals surface area contributed by atoms with Gasteiger partial charge < -0.3 is 8.83 Å². The average molecular weight is 474 g/mol. The topological polar surface area (TPSA) is 26.3 Å². The number of para-hydroxylation sites is 1.